The van der Waals surface area contributed by atoms with Gasteiger partial charge in [0.25, 0.3) is 0 Å². The van der Waals surface area contributed by atoms with E-state index in [0.717, 1.165) is 11.3 Å². The van der Waals surface area contributed by atoms with E-state index in [0.29, 0.717) is 17.6 Å². The molecule has 0 atom stereocenters. The molecule has 0 fully saturated rings. The van der Waals surface area contributed by atoms with Gasteiger partial charge >= 0.3 is 0 Å². The molecule has 0 unspecified atom stereocenters. The molecule has 0 radical (unpaired) electrons. The van der Waals surface area contributed by atoms with Gasteiger partial charge in [-0.1, -0.05) is 23.9 Å². The van der Waals surface area contributed by atoms with E-state index in [1.807, 2.05) is 37.4 Å². The van der Waals surface area contributed by atoms with Gasteiger partial charge in [-0.25, -0.2) is 4.98 Å². The standard InChI is InChI=1S/C12H14N4OS/c1-3-17-9-7-5-4-6-8(9)10-14-11(13)16-12(15-10)18-2/h4-7H,3H2,1-2H3,(H2,13,14,15,16). The lowest BCUT2D eigenvalue weighted by Crippen LogP contribution is -2.02. The third-order valence-electron chi connectivity index (χ3n) is 2.24. The second-order valence-electron chi connectivity index (χ2n) is 3.43. The lowest BCUT2D eigenvalue weighted by Gasteiger charge is -2.09. The maximum atomic E-state index is 5.68. The van der Waals surface area contributed by atoms with Crippen LogP contribution in [-0.2, 0) is 0 Å². The van der Waals surface area contributed by atoms with E-state index in [-0.39, 0.29) is 5.95 Å². The summed E-state index contributed by atoms with van der Waals surface area (Å²) < 4.78 is 5.56. The van der Waals surface area contributed by atoms with Gasteiger partial charge in [0.1, 0.15) is 5.75 Å². The summed E-state index contributed by atoms with van der Waals surface area (Å²) in [6.45, 7) is 2.53. The van der Waals surface area contributed by atoms with Gasteiger partial charge in [0.2, 0.25) is 5.95 Å². The fourth-order valence-corrected chi connectivity index (χ4v) is 1.88. The van der Waals surface area contributed by atoms with Crippen LogP contribution in [0.1, 0.15) is 6.92 Å². The van der Waals surface area contributed by atoms with Crippen LogP contribution in [-0.4, -0.2) is 27.8 Å². The molecule has 0 aliphatic heterocycles. The topological polar surface area (TPSA) is 73.9 Å². The number of aromatic nitrogens is 3. The van der Waals surface area contributed by atoms with Crippen molar-refractivity contribution >= 4 is 17.7 Å². The molecule has 0 aliphatic carbocycles. The Morgan fingerprint density at radius 3 is 2.72 bits per heavy atom. The van der Waals surface area contributed by atoms with Gasteiger partial charge in [-0.05, 0) is 25.3 Å². The monoisotopic (exact) mass is 262 g/mol. The first-order chi connectivity index (χ1) is 8.74. The first kappa shape index (κ1) is 12.6. The van der Waals surface area contributed by atoms with Crippen molar-refractivity contribution in [1.82, 2.24) is 15.0 Å². The smallest absolute Gasteiger partial charge is 0.224 e. The Kier molecular flexibility index (Phi) is 3.99. The van der Waals surface area contributed by atoms with Gasteiger partial charge in [0, 0.05) is 0 Å². The van der Waals surface area contributed by atoms with Crippen molar-refractivity contribution in [3.63, 3.8) is 0 Å². The maximum absolute atomic E-state index is 5.68. The Hall–Kier alpha value is -1.82. The molecule has 0 amide bonds. The highest BCUT2D eigenvalue weighted by molar-refractivity contribution is 7.98. The van der Waals surface area contributed by atoms with Crippen molar-refractivity contribution < 1.29 is 4.74 Å². The van der Waals surface area contributed by atoms with Crippen molar-refractivity contribution in [2.45, 2.75) is 12.1 Å². The maximum Gasteiger partial charge on any atom is 0.224 e. The zero-order valence-corrected chi connectivity index (χ0v) is 11.1. The largest absolute Gasteiger partial charge is 0.493 e. The molecule has 6 heteroatoms. The van der Waals surface area contributed by atoms with E-state index in [1.54, 1.807) is 0 Å². The van der Waals surface area contributed by atoms with Gasteiger partial charge < -0.3 is 10.5 Å². The van der Waals surface area contributed by atoms with Crippen LogP contribution in [0, 0.1) is 0 Å². The summed E-state index contributed by atoms with van der Waals surface area (Å²) in [5.41, 5.74) is 6.50. The Morgan fingerprint density at radius 1 is 1.22 bits per heavy atom. The number of nitrogens with two attached hydrogens (primary N) is 1. The van der Waals surface area contributed by atoms with E-state index >= 15 is 0 Å². The number of rotatable bonds is 4. The Balaban J connectivity index is 2.50. The average Bonchev–Trinajstić information content (AvgIpc) is 2.39. The lowest BCUT2D eigenvalue weighted by atomic mass is 10.2. The van der Waals surface area contributed by atoms with Gasteiger partial charge in [-0.3, -0.25) is 0 Å². The number of hydrogen-bond donors (Lipinski definition) is 1. The Morgan fingerprint density at radius 2 is 2.00 bits per heavy atom. The zero-order valence-electron chi connectivity index (χ0n) is 10.3. The second kappa shape index (κ2) is 5.68. The van der Waals surface area contributed by atoms with Crippen LogP contribution in [0.5, 0.6) is 5.75 Å². The van der Waals surface area contributed by atoms with Crippen molar-refractivity contribution in [2.24, 2.45) is 0 Å². The van der Waals surface area contributed by atoms with Gasteiger partial charge in [-0.2, -0.15) is 9.97 Å². The number of thioether (sulfide) groups is 1. The predicted molar refractivity (Wildman–Crippen MR) is 72.6 cm³/mol. The number of nitrogens with zero attached hydrogens (tertiary/aromatic N) is 3. The minimum Gasteiger partial charge on any atom is -0.493 e. The van der Waals surface area contributed by atoms with Crippen molar-refractivity contribution in [3.05, 3.63) is 24.3 Å². The summed E-state index contributed by atoms with van der Waals surface area (Å²) in [4.78, 5) is 12.5. The molecule has 0 saturated heterocycles. The summed E-state index contributed by atoms with van der Waals surface area (Å²) in [6.07, 6.45) is 1.90. The van der Waals surface area contributed by atoms with Gasteiger partial charge in [0.05, 0.1) is 12.2 Å². The molecular weight excluding hydrogens is 248 g/mol. The fraction of sp³-hybridized carbons (Fsp3) is 0.250. The number of anilines is 1. The summed E-state index contributed by atoms with van der Waals surface area (Å²) in [7, 11) is 0. The molecule has 94 valence electrons. The number of para-hydroxylation sites is 1. The molecule has 18 heavy (non-hydrogen) atoms. The van der Waals surface area contributed by atoms with E-state index in [9.17, 15) is 0 Å². The Bertz CT molecular complexity index is 547. The predicted octanol–water partition coefficient (Wildman–Crippen LogP) is 2.24. The van der Waals surface area contributed by atoms with Crippen LogP contribution >= 0.6 is 11.8 Å². The molecule has 5 nitrogen and oxygen atoms in total. The summed E-state index contributed by atoms with van der Waals surface area (Å²) in [6, 6.07) is 7.62. The molecule has 2 rings (SSSR count). The van der Waals surface area contributed by atoms with Crippen molar-refractivity contribution in [1.29, 1.82) is 0 Å². The van der Waals surface area contributed by atoms with E-state index in [1.165, 1.54) is 11.8 Å². The quantitative estimate of drug-likeness (QED) is 0.852. The first-order valence-corrected chi connectivity index (χ1v) is 6.74. The van der Waals surface area contributed by atoms with Gasteiger partial charge in [0.15, 0.2) is 11.0 Å². The van der Waals surface area contributed by atoms with E-state index < -0.39 is 0 Å². The molecule has 0 saturated carbocycles. The number of hydrogen-bond acceptors (Lipinski definition) is 6. The Labute approximate surface area is 110 Å². The molecular formula is C12H14N4OS. The molecule has 2 aromatic rings. The molecule has 0 bridgehead atoms. The molecule has 0 aliphatic rings. The number of ether oxygens (including phenoxy) is 1. The summed E-state index contributed by atoms with van der Waals surface area (Å²) in [5.74, 6) is 1.50. The van der Waals surface area contributed by atoms with Crippen LogP contribution < -0.4 is 10.5 Å². The summed E-state index contributed by atoms with van der Waals surface area (Å²) >= 11 is 1.43. The van der Waals surface area contributed by atoms with Crippen LogP contribution in [0.4, 0.5) is 5.95 Å². The molecule has 0 spiro atoms. The van der Waals surface area contributed by atoms with Crippen LogP contribution in [0.3, 0.4) is 0 Å². The SMILES string of the molecule is CCOc1ccccc1-c1nc(N)nc(SC)n1. The second-order valence-corrected chi connectivity index (χ2v) is 4.21. The molecule has 1 aromatic carbocycles. The normalized spacial score (nSPS) is 10.3. The fourth-order valence-electron chi connectivity index (χ4n) is 1.52. The van der Waals surface area contributed by atoms with E-state index in [2.05, 4.69) is 15.0 Å². The first-order valence-electron chi connectivity index (χ1n) is 5.52. The highest BCUT2D eigenvalue weighted by Gasteiger charge is 2.11. The van der Waals surface area contributed by atoms with Crippen LogP contribution in [0.2, 0.25) is 0 Å². The molecule has 1 aromatic heterocycles. The van der Waals surface area contributed by atoms with Crippen LogP contribution in [0.15, 0.2) is 29.4 Å². The van der Waals surface area contributed by atoms with Crippen LogP contribution in [0.25, 0.3) is 11.4 Å². The number of benzene rings is 1. The molecule has 2 N–H and O–H groups in total. The number of nitrogen functional groups attached to an aromatic ring is 1. The third-order valence-corrected chi connectivity index (χ3v) is 2.79. The average molecular weight is 262 g/mol. The van der Waals surface area contributed by atoms with Crippen molar-refractivity contribution in [3.8, 4) is 17.1 Å². The highest BCUT2D eigenvalue weighted by Crippen LogP contribution is 2.28. The minimum absolute atomic E-state index is 0.218. The highest BCUT2D eigenvalue weighted by atomic mass is 32.2. The third kappa shape index (κ3) is 2.70. The molecule has 1 heterocycles. The lowest BCUT2D eigenvalue weighted by molar-refractivity contribution is 0.341. The zero-order chi connectivity index (χ0) is 13.0. The van der Waals surface area contributed by atoms with Gasteiger partial charge in [-0.15, -0.1) is 0 Å². The summed E-state index contributed by atoms with van der Waals surface area (Å²) in [5, 5.41) is 0.601. The van der Waals surface area contributed by atoms with E-state index in [4.69, 9.17) is 10.5 Å². The minimum atomic E-state index is 0.218. The van der Waals surface area contributed by atoms with Crippen molar-refractivity contribution in [2.75, 3.05) is 18.6 Å².